The Kier molecular flexibility index (Phi) is 5.54. The number of nitrogens with zero attached hydrogens (tertiary/aromatic N) is 4. The fourth-order valence-electron chi connectivity index (χ4n) is 2.48. The van der Waals surface area contributed by atoms with E-state index in [1.54, 1.807) is 24.3 Å². The average Bonchev–Trinajstić information content (AvgIpc) is 3.22. The van der Waals surface area contributed by atoms with Crippen LogP contribution in [0.3, 0.4) is 0 Å². The van der Waals surface area contributed by atoms with Gasteiger partial charge in [0.2, 0.25) is 5.82 Å². The van der Waals surface area contributed by atoms with Crippen LogP contribution < -0.4 is 10.6 Å². The lowest BCUT2D eigenvalue weighted by Crippen LogP contribution is -2.23. The van der Waals surface area contributed by atoms with Crippen LogP contribution in [-0.2, 0) is 6.54 Å². The molecule has 0 spiro atoms. The van der Waals surface area contributed by atoms with Crippen LogP contribution in [0.15, 0.2) is 54.7 Å². The number of hydrogen-bond acceptors (Lipinski definition) is 6. The summed E-state index contributed by atoms with van der Waals surface area (Å²) in [7, 11) is 0. The number of carbonyl (C=O) groups excluding carboxylic acids is 1. The van der Waals surface area contributed by atoms with Crippen molar-refractivity contribution >= 4 is 17.2 Å². The number of allylic oxidation sites excluding steroid dienone is 1. The van der Waals surface area contributed by atoms with Gasteiger partial charge in [0, 0.05) is 12.7 Å². The molecule has 0 aliphatic carbocycles. The van der Waals surface area contributed by atoms with Gasteiger partial charge >= 0.3 is 0 Å². The molecule has 3 N–H and O–H groups in total. The lowest BCUT2D eigenvalue weighted by atomic mass is 10.1. The molecule has 0 aliphatic heterocycles. The zero-order valence-electron chi connectivity index (χ0n) is 14.6. The molecule has 1 aromatic heterocycles. The van der Waals surface area contributed by atoms with Crippen LogP contribution in [0.4, 0.5) is 5.69 Å². The van der Waals surface area contributed by atoms with E-state index in [9.17, 15) is 10.1 Å². The number of nitrogens with one attached hydrogen (secondary N) is 3. The maximum Gasteiger partial charge on any atom is 0.253 e. The van der Waals surface area contributed by atoms with Crippen molar-refractivity contribution in [3.8, 4) is 6.07 Å². The minimum Gasteiger partial charge on any atom is -0.360 e. The van der Waals surface area contributed by atoms with Crippen LogP contribution in [0.25, 0.3) is 5.57 Å². The summed E-state index contributed by atoms with van der Waals surface area (Å²) in [6.45, 7) is 2.43. The van der Waals surface area contributed by atoms with Gasteiger partial charge in [0.05, 0.1) is 11.3 Å². The molecule has 3 aromatic rings. The smallest absolute Gasteiger partial charge is 0.253 e. The second-order valence-electron chi connectivity index (χ2n) is 5.77. The number of H-pyrrole nitrogens is 1. The van der Waals surface area contributed by atoms with E-state index in [0.717, 1.165) is 11.1 Å². The third-order valence-electron chi connectivity index (χ3n) is 3.79. The first-order valence-electron chi connectivity index (χ1n) is 8.21. The zero-order valence-corrected chi connectivity index (χ0v) is 14.6. The van der Waals surface area contributed by atoms with E-state index in [1.165, 1.54) is 6.20 Å². The molecule has 0 atom stereocenters. The SMILES string of the molecule is Cc1cccc(CNC(=O)c2ccccc2NC=C(C#N)c2nn[nH]n2)c1. The largest absolute Gasteiger partial charge is 0.360 e. The summed E-state index contributed by atoms with van der Waals surface area (Å²) in [5.41, 5.74) is 3.39. The van der Waals surface area contributed by atoms with Crippen LogP contribution in [0.5, 0.6) is 0 Å². The Morgan fingerprint density at radius 2 is 2.11 bits per heavy atom. The fourth-order valence-corrected chi connectivity index (χ4v) is 2.48. The number of hydrogen-bond donors (Lipinski definition) is 3. The van der Waals surface area contributed by atoms with Crippen molar-refractivity contribution in [2.24, 2.45) is 0 Å². The average molecular weight is 359 g/mol. The first kappa shape index (κ1) is 17.8. The van der Waals surface area contributed by atoms with Gasteiger partial charge in [-0.2, -0.15) is 10.5 Å². The van der Waals surface area contributed by atoms with Crippen molar-refractivity contribution in [1.29, 1.82) is 5.26 Å². The van der Waals surface area contributed by atoms with Crippen molar-refractivity contribution in [2.75, 3.05) is 5.32 Å². The number of aryl methyl sites for hydroxylation is 1. The standard InChI is InChI=1S/C19H17N7O/c1-13-5-4-6-14(9-13)11-22-19(27)16-7-2-3-8-17(16)21-12-15(10-20)18-23-25-26-24-18/h2-9,12,21H,11H2,1H3,(H,22,27)(H,23,24,25,26). The van der Waals surface area contributed by atoms with Gasteiger partial charge in [-0.05, 0) is 29.8 Å². The molecule has 3 rings (SSSR count). The van der Waals surface area contributed by atoms with Gasteiger partial charge in [0.1, 0.15) is 11.6 Å². The minimum atomic E-state index is -0.217. The van der Waals surface area contributed by atoms with E-state index in [4.69, 9.17) is 0 Å². The molecule has 0 aliphatic rings. The molecule has 8 heteroatoms. The minimum absolute atomic E-state index is 0.173. The van der Waals surface area contributed by atoms with Gasteiger partial charge in [0.15, 0.2) is 0 Å². The van der Waals surface area contributed by atoms with E-state index in [1.807, 2.05) is 37.3 Å². The molecular weight excluding hydrogens is 342 g/mol. The highest BCUT2D eigenvalue weighted by Gasteiger charge is 2.11. The molecule has 0 bridgehead atoms. The molecule has 27 heavy (non-hydrogen) atoms. The first-order valence-corrected chi connectivity index (χ1v) is 8.21. The van der Waals surface area contributed by atoms with E-state index in [2.05, 4.69) is 31.3 Å². The highest BCUT2D eigenvalue weighted by Crippen LogP contribution is 2.17. The molecule has 0 fully saturated rings. The van der Waals surface area contributed by atoms with Crippen LogP contribution in [0.2, 0.25) is 0 Å². The lowest BCUT2D eigenvalue weighted by molar-refractivity contribution is 0.0951. The third kappa shape index (κ3) is 4.55. The van der Waals surface area contributed by atoms with E-state index in [0.29, 0.717) is 17.8 Å². The van der Waals surface area contributed by atoms with Crippen LogP contribution in [-0.4, -0.2) is 26.5 Å². The maximum atomic E-state index is 12.6. The predicted octanol–water partition coefficient (Wildman–Crippen LogP) is 2.41. The monoisotopic (exact) mass is 359 g/mol. The number of amides is 1. The summed E-state index contributed by atoms with van der Waals surface area (Å²) in [5.74, 6) is -0.0440. The topological polar surface area (TPSA) is 119 Å². The number of aromatic nitrogens is 4. The number of aromatic amines is 1. The van der Waals surface area contributed by atoms with Crippen LogP contribution in [0, 0.1) is 18.3 Å². The second kappa shape index (κ2) is 8.40. The molecule has 0 unspecified atom stereocenters. The van der Waals surface area contributed by atoms with E-state index in [-0.39, 0.29) is 17.3 Å². The molecule has 0 radical (unpaired) electrons. The molecule has 2 aromatic carbocycles. The number of nitriles is 1. The molecule has 0 saturated heterocycles. The van der Waals surface area contributed by atoms with Gasteiger partial charge in [-0.1, -0.05) is 42.0 Å². The van der Waals surface area contributed by atoms with E-state index < -0.39 is 0 Å². The summed E-state index contributed by atoms with van der Waals surface area (Å²) in [6.07, 6.45) is 1.44. The number of benzene rings is 2. The molecule has 8 nitrogen and oxygen atoms in total. The Morgan fingerprint density at radius 3 is 2.85 bits per heavy atom. The van der Waals surface area contributed by atoms with E-state index >= 15 is 0 Å². The number of rotatable bonds is 6. The normalized spacial score (nSPS) is 10.9. The highest BCUT2D eigenvalue weighted by atomic mass is 16.1. The fraction of sp³-hybridized carbons (Fsp3) is 0.105. The molecular formula is C19H17N7O. The summed E-state index contributed by atoms with van der Waals surface area (Å²) in [5, 5.41) is 28.4. The number of carbonyl (C=O) groups is 1. The zero-order chi connectivity index (χ0) is 19.1. The number of anilines is 1. The van der Waals surface area contributed by atoms with Crippen LogP contribution >= 0.6 is 0 Å². The molecule has 134 valence electrons. The third-order valence-corrected chi connectivity index (χ3v) is 3.79. The number of para-hydroxylation sites is 1. The molecule has 1 amide bonds. The predicted molar refractivity (Wildman–Crippen MR) is 100 cm³/mol. The summed E-state index contributed by atoms with van der Waals surface area (Å²) in [6, 6.07) is 17.0. The quantitative estimate of drug-likeness (QED) is 0.582. The van der Waals surface area contributed by atoms with Crippen molar-refractivity contribution in [2.45, 2.75) is 13.5 Å². The Hall–Kier alpha value is -3.99. The Labute approximate surface area is 155 Å². The number of tetrazole rings is 1. The Balaban J connectivity index is 1.73. The van der Waals surface area contributed by atoms with Gasteiger partial charge in [-0.3, -0.25) is 4.79 Å². The molecule has 1 heterocycles. The Bertz CT molecular complexity index is 1000. The highest BCUT2D eigenvalue weighted by molar-refractivity contribution is 5.99. The van der Waals surface area contributed by atoms with Gasteiger partial charge in [-0.25, -0.2) is 0 Å². The summed E-state index contributed by atoms with van der Waals surface area (Å²) < 4.78 is 0. The lowest BCUT2D eigenvalue weighted by Gasteiger charge is -2.10. The molecule has 0 saturated carbocycles. The maximum absolute atomic E-state index is 12.6. The van der Waals surface area contributed by atoms with Gasteiger partial charge in [-0.15, -0.1) is 10.2 Å². The van der Waals surface area contributed by atoms with Gasteiger partial charge < -0.3 is 10.6 Å². The first-order chi connectivity index (χ1) is 13.2. The summed E-state index contributed by atoms with van der Waals surface area (Å²) >= 11 is 0. The second-order valence-corrected chi connectivity index (χ2v) is 5.77. The Morgan fingerprint density at radius 1 is 1.26 bits per heavy atom. The summed E-state index contributed by atoms with van der Waals surface area (Å²) in [4.78, 5) is 12.6. The van der Waals surface area contributed by atoms with Crippen LogP contribution in [0.1, 0.15) is 27.3 Å². The van der Waals surface area contributed by atoms with Crippen molar-refractivity contribution in [1.82, 2.24) is 25.9 Å². The van der Waals surface area contributed by atoms with Gasteiger partial charge in [0.25, 0.3) is 5.91 Å². The van der Waals surface area contributed by atoms with Crippen molar-refractivity contribution in [3.63, 3.8) is 0 Å². The van der Waals surface area contributed by atoms with Crippen molar-refractivity contribution in [3.05, 3.63) is 77.2 Å². The van der Waals surface area contributed by atoms with Crippen molar-refractivity contribution < 1.29 is 4.79 Å².